The van der Waals surface area contributed by atoms with Crippen LogP contribution < -0.4 is 5.32 Å². The second kappa shape index (κ2) is 9.22. The number of nitrogens with zero attached hydrogens (tertiary/aromatic N) is 2. The summed E-state index contributed by atoms with van der Waals surface area (Å²) in [6.45, 7) is 10.3. The molecule has 1 radical (unpaired) electrons. The summed E-state index contributed by atoms with van der Waals surface area (Å²) < 4.78 is 0. The van der Waals surface area contributed by atoms with Crippen molar-refractivity contribution >= 4 is 0 Å². The van der Waals surface area contributed by atoms with Crippen LogP contribution in [0.5, 0.6) is 0 Å². The number of rotatable bonds is 8. The lowest BCUT2D eigenvalue weighted by Crippen LogP contribution is -2.30. The first-order chi connectivity index (χ1) is 10.3. The number of likely N-dealkylation sites (tertiary alicyclic amines) is 1. The summed E-state index contributed by atoms with van der Waals surface area (Å²) in [6.07, 6.45) is 7.90. The van der Waals surface area contributed by atoms with Crippen molar-refractivity contribution in [3.63, 3.8) is 0 Å². The number of piperidine rings is 1. The Labute approximate surface area is 130 Å². The van der Waals surface area contributed by atoms with Crippen LogP contribution in [0.1, 0.15) is 48.8 Å². The van der Waals surface area contributed by atoms with Crippen LogP contribution in [0.4, 0.5) is 0 Å². The molecule has 0 N–H and O–H groups in total. The van der Waals surface area contributed by atoms with Crippen LogP contribution in [0.15, 0.2) is 18.2 Å². The average Bonchev–Trinajstić information content (AvgIpc) is 2.51. The average molecular weight is 287 g/mol. The van der Waals surface area contributed by atoms with E-state index in [1.807, 2.05) is 0 Å². The summed E-state index contributed by atoms with van der Waals surface area (Å²) in [5.74, 6) is 0. The maximum Gasteiger partial charge on any atom is 0.0173 e. The third-order valence-corrected chi connectivity index (χ3v) is 4.62. The SMILES string of the molecule is Cc1ccc(CC[N]CCCCN2CCCCC2)cc1C. The molecular formula is C19H31N2. The van der Waals surface area contributed by atoms with Gasteiger partial charge in [0.25, 0.3) is 0 Å². The largest absolute Gasteiger partial charge is 0.303 e. The number of hydrogen-bond acceptors (Lipinski definition) is 1. The smallest absolute Gasteiger partial charge is 0.0173 e. The molecule has 0 spiro atoms. The van der Waals surface area contributed by atoms with Gasteiger partial charge >= 0.3 is 0 Å². The van der Waals surface area contributed by atoms with Crippen LogP contribution in [0, 0.1) is 13.8 Å². The van der Waals surface area contributed by atoms with E-state index in [0.29, 0.717) is 0 Å². The molecule has 2 rings (SSSR count). The summed E-state index contributed by atoms with van der Waals surface area (Å²) in [6, 6.07) is 6.78. The van der Waals surface area contributed by atoms with Gasteiger partial charge in [0.15, 0.2) is 0 Å². The normalized spacial score (nSPS) is 16.3. The molecule has 117 valence electrons. The van der Waals surface area contributed by atoms with Crippen LogP contribution >= 0.6 is 0 Å². The first kappa shape index (κ1) is 16.5. The molecule has 0 saturated carbocycles. The maximum absolute atomic E-state index is 4.68. The van der Waals surface area contributed by atoms with Crippen LogP contribution in [0.25, 0.3) is 0 Å². The van der Waals surface area contributed by atoms with Crippen molar-refractivity contribution in [2.24, 2.45) is 0 Å². The van der Waals surface area contributed by atoms with Gasteiger partial charge in [0.05, 0.1) is 0 Å². The first-order valence-corrected chi connectivity index (χ1v) is 8.67. The number of benzene rings is 1. The highest BCUT2D eigenvalue weighted by molar-refractivity contribution is 5.29. The standard InChI is InChI=1S/C19H31N2/c1-17-8-9-19(16-18(17)2)10-12-20-11-4-7-15-21-13-5-3-6-14-21/h8-9,16H,3-7,10-15H2,1-2H3. The van der Waals surface area contributed by atoms with Gasteiger partial charge in [0.1, 0.15) is 0 Å². The molecule has 1 aliphatic heterocycles. The van der Waals surface area contributed by atoms with Gasteiger partial charge in [-0.05, 0) is 82.3 Å². The minimum atomic E-state index is 0.978. The zero-order valence-electron chi connectivity index (χ0n) is 13.9. The van der Waals surface area contributed by atoms with E-state index in [-0.39, 0.29) is 0 Å². The molecule has 2 nitrogen and oxygen atoms in total. The third kappa shape index (κ3) is 6.19. The zero-order chi connectivity index (χ0) is 14.9. The molecule has 1 aromatic carbocycles. The molecule has 1 fully saturated rings. The lowest BCUT2D eigenvalue weighted by molar-refractivity contribution is 0.224. The van der Waals surface area contributed by atoms with Crippen LogP contribution in [0.2, 0.25) is 0 Å². The van der Waals surface area contributed by atoms with Gasteiger partial charge in [-0.1, -0.05) is 24.6 Å². The maximum atomic E-state index is 4.68. The monoisotopic (exact) mass is 287 g/mol. The van der Waals surface area contributed by atoms with E-state index in [2.05, 4.69) is 42.3 Å². The lowest BCUT2D eigenvalue weighted by Gasteiger charge is -2.26. The Morgan fingerprint density at radius 2 is 1.76 bits per heavy atom. The second-order valence-electron chi connectivity index (χ2n) is 6.45. The van der Waals surface area contributed by atoms with E-state index in [4.69, 9.17) is 0 Å². The highest BCUT2D eigenvalue weighted by Crippen LogP contribution is 2.10. The van der Waals surface area contributed by atoms with Crippen molar-refractivity contribution in [1.82, 2.24) is 10.2 Å². The van der Waals surface area contributed by atoms with Crippen molar-refractivity contribution in [2.75, 3.05) is 32.7 Å². The Bertz CT molecular complexity index is 408. The number of aryl methyl sites for hydroxylation is 2. The van der Waals surface area contributed by atoms with E-state index in [9.17, 15) is 0 Å². The Morgan fingerprint density at radius 3 is 2.52 bits per heavy atom. The topological polar surface area (TPSA) is 17.3 Å². The molecule has 2 heteroatoms. The fourth-order valence-corrected chi connectivity index (χ4v) is 3.02. The Morgan fingerprint density at radius 1 is 0.952 bits per heavy atom. The van der Waals surface area contributed by atoms with E-state index >= 15 is 0 Å². The van der Waals surface area contributed by atoms with E-state index in [0.717, 1.165) is 19.5 Å². The van der Waals surface area contributed by atoms with Crippen molar-refractivity contribution in [3.8, 4) is 0 Å². The van der Waals surface area contributed by atoms with Gasteiger partial charge in [-0.15, -0.1) is 0 Å². The zero-order valence-corrected chi connectivity index (χ0v) is 13.9. The fourth-order valence-electron chi connectivity index (χ4n) is 3.02. The third-order valence-electron chi connectivity index (χ3n) is 4.62. The highest BCUT2D eigenvalue weighted by Gasteiger charge is 2.08. The predicted octanol–water partition coefficient (Wildman–Crippen LogP) is 3.72. The van der Waals surface area contributed by atoms with Crippen LogP contribution in [0.3, 0.4) is 0 Å². The molecular weight excluding hydrogens is 256 g/mol. The fraction of sp³-hybridized carbons (Fsp3) is 0.684. The van der Waals surface area contributed by atoms with E-state index in [1.165, 1.54) is 68.4 Å². The molecule has 0 aliphatic carbocycles. The molecule has 0 bridgehead atoms. The second-order valence-corrected chi connectivity index (χ2v) is 6.45. The minimum absolute atomic E-state index is 0.978. The Hall–Kier alpha value is -0.860. The van der Waals surface area contributed by atoms with Gasteiger partial charge in [-0.25, -0.2) is 5.32 Å². The van der Waals surface area contributed by atoms with Crippen molar-refractivity contribution < 1.29 is 0 Å². The van der Waals surface area contributed by atoms with E-state index < -0.39 is 0 Å². The predicted molar refractivity (Wildman–Crippen MR) is 91.0 cm³/mol. The molecule has 1 aliphatic rings. The van der Waals surface area contributed by atoms with Crippen LogP contribution in [-0.4, -0.2) is 37.6 Å². The lowest BCUT2D eigenvalue weighted by atomic mass is 10.0. The number of hydrogen-bond donors (Lipinski definition) is 0. The van der Waals surface area contributed by atoms with Gasteiger partial charge in [0, 0.05) is 13.1 Å². The van der Waals surface area contributed by atoms with Crippen molar-refractivity contribution in [1.29, 1.82) is 0 Å². The first-order valence-electron chi connectivity index (χ1n) is 8.67. The van der Waals surface area contributed by atoms with Gasteiger partial charge in [-0.2, -0.15) is 0 Å². The molecule has 0 aromatic heterocycles. The molecule has 21 heavy (non-hydrogen) atoms. The highest BCUT2D eigenvalue weighted by atomic mass is 15.1. The van der Waals surface area contributed by atoms with Crippen molar-refractivity contribution in [3.05, 3.63) is 34.9 Å². The molecule has 1 saturated heterocycles. The molecule has 1 heterocycles. The minimum Gasteiger partial charge on any atom is -0.303 e. The Balaban J connectivity index is 1.48. The summed E-state index contributed by atoms with van der Waals surface area (Å²) in [5, 5.41) is 4.68. The summed E-state index contributed by atoms with van der Waals surface area (Å²) in [7, 11) is 0. The molecule has 0 atom stereocenters. The molecule has 0 unspecified atom stereocenters. The number of unbranched alkanes of at least 4 members (excludes halogenated alkanes) is 1. The molecule has 1 aromatic rings. The van der Waals surface area contributed by atoms with Gasteiger partial charge in [0.2, 0.25) is 0 Å². The van der Waals surface area contributed by atoms with Crippen molar-refractivity contribution in [2.45, 2.75) is 52.4 Å². The Kier molecular flexibility index (Phi) is 7.25. The quantitative estimate of drug-likeness (QED) is 0.666. The van der Waals surface area contributed by atoms with Gasteiger partial charge < -0.3 is 4.90 Å². The molecule has 0 amide bonds. The van der Waals surface area contributed by atoms with E-state index in [1.54, 1.807) is 0 Å². The van der Waals surface area contributed by atoms with Gasteiger partial charge in [-0.3, -0.25) is 0 Å². The summed E-state index contributed by atoms with van der Waals surface area (Å²) >= 11 is 0. The van der Waals surface area contributed by atoms with Crippen LogP contribution in [-0.2, 0) is 6.42 Å². The summed E-state index contributed by atoms with van der Waals surface area (Å²) in [4.78, 5) is 2.62. The summed E-state index contributed by atoms with van der Waals surface area (Å²) in [5.41, 5.74) is 4.21.